The maximum Gasteiger partial charge on any atom is 0.0713 e. The molecule has 0 atom stereocenters. The van der Waals surface area contributed by atoms with Crippen molar-refractivity contribution >= 4 is 0 Å². The SMILES string of the molecule is CCCCc1ccc(C2(c3ccc(CCCC)c(CCCC)c3)c3cc(C)ccc3-c3ccc(C)cc32)cc1CCCC. The molecule has 0 N–H and O–H groups in total. The van der Waals surface area contributed by atoms with Crippen LogP contribution in [0.15, 0.2) is 72.8 Å². The lowest BCUT2D eigenvalue weighted by molar-refractivity contribution is 0.729. The van der Waals surface area contributed by atoms with Crippen molar-refractivity contribution in [2.75, 3.05) is 0 Å². The summed E-state index contributed by atoms with van der Waals surface area (Å²) in [6, 6.07) is 29.6. The molecule has 0 spiro atoms. The summed E-state index contributed by atoms with van der Waals surface area (Å²) in [5, 5.41) is 0. The van der Waals surface area contributed by atoms with Crippen molar-refractivity contribution < 1.29 is 0 Å². The molecule has 0 unspecified atom stereocenters. The van der Waals surface area contributed by atoms with E-state index < -0.39 is 0 Å². The molecule has 1 aliphatic rings. The zero-order valence-electron chi connectivity index (χ0n) is 27.9. The minimum atomic E-state index is -0.322. The molecule has 0 amide bonds. The highest BCUT2D eigenvalue weighted by Crippen LogP contribution is 2.57. The Morgan fingerprint density at radius 2 is 0.791 bits per heavy atom. The predicted octanol–water partition coefficient (Wildman–Crippen LogP) is 12.0. The van der Waals surface area contributed by atoms with Crippen molar-refractivity contribution in [3.05, 3.63) is 128 Å². The fourth-order valence-electron chi connectivity index (χ4n) is 7.48. The number of aryl methyl sites for hydroxylation is 6. The average Bonchev–Trinajstić information content (AvgIpc) is 3.30. The summed E-state index contributed by atoms with van der Waals surface area (Å²) < 4.78 is 0. The average molecular weight is 571 g/mol. The summed E-state index contributed by atoms with van der Waals surface area (Å²) in [5.41, 5.74) is 17.2. The molecule has 0 heterocycles. The molecular formula is C43H54. The molecular weight excluding hydrogens is 516 g/mol. The first kappa shape index (κ1) is 31.3. The van der Waals surface area contributed by atoms with Crippen molar-refractivity contribution in [1.82, 2.24) is 0 Å². The van der Waals surface area contributed by atoms with Crippen LogP contribution < -0.4 is 0 Å². The molecule has 4 aromatic carbocycles. The van der Waals surface area contributed by atoms with Crippen LogP contribution >= 0.6 is 0 Å². The van der Waals surface area contributed by atoms with Gasteiger partial charge in [0.1, 0.15) is 0 Å². The highest BCUT2D eigenvalue weighted by atomic mass is 14.5. The molecule has 4 aromatic rings. The standard InChI is InChI=1S/C43H54/c1-7-11-15-33-21-23-37(29-35(33)17-13-9-3)43(38-24-22-34(16-12-8-2)36(30-38)18-14-10-4)41-27-31(5)19-25-39(41)40-26-20-32(6)28-42(40)43/h19-30H,7-18H2,1-6H3. The van der Waals surface area contributed by atoms with E-state index in [1.807, 2.05) is 0 Å². The summed E-state index contributed by atoms with van der Waals surface area (Å²) in [7, 11) is 0. The summed E-state index contributed by atoms with van der Waals surface area (Å²) in [6.07, 6.45) is 14.6. The molecule has 0 saturated heterocycles. The van der Waals surface area contributed by atoms with Gasteiger partial charge in [0.2, 0.25) is 0 Å². The van der Waals surface area contributed by atoms with Crippen LogP contribution in [0, 0.1) is 13.8 Å². The van der Waals surface area contributed by atoms with Crippen molar-refractivity contribution in [2.24, 2.45) is 0 Å². The predicted molar refractivity (Wildman–Crippen MR) is 188 cm³/mol. The molecule has 0 radical (unpaired) electrons. The van der Waals surface area contributed by atoms with Crippen molar-refractivity contribution in [2.45, 2.75) is 124 Å². The third-order valence-corrected chi connectivity index (χ3v) is 9.93. The van der Waals surface area contributed by atoms with E-state index in [1.54, 1.807) is 22.3 Å². The van der Waals surface area contributed by atoms with Gasteiger partial charge in [0.15, 0.2) is 0 Å². The molecule has 5 rings (SSSR count). The molecule has 0 aromatic heterocycles. The molecule has 226 valence electrons. The highest BCUT2D eigenvalue weighted by Gasteiger charge is 2.46. The summed E-state index contributed by atoms with van der Waals surface area (Å²) in [6.45, 7) is 13.8. The van der Waals surface area contributed by atoms with Gasteiger partial charge < -0.3 is 0 Å². The van der Waals surface area contributed by atoms with E-state index in [4.69, 9.17) is 0 Å². The quantitative estimate of drug-likeness (QED) is 0.125. The Balaban J connectivity index is 1.84. The van der Waals surface area contributed by atoms with Gasteiger partial charge >= 0.3 is 0 Å². The van der Waals surface area contributed by atoms with Gasteiger partial charge in [-0.25, -0.2) is 0 Å². The van der Waals surface area contributed by atoms with Crippen molar-refractivity contribution in [1.29, 1.82) is 0 Å². The van der Waals surface area contributed by atoms with Crippen LogP contribution in [0.4, 0.5) is 0 Å². The Kier molecular flexibility index (Phi) is 10.3. The normalized spacial score (nSPS) is 13.3. The molecule has 0 bridgehead atoms. The Labute approximate surface area is 263 Å². The maximum absolute atomic E-state index is 2.63. The van der Waals surface area contributed by atoms with Crippen LogP contribution in [-0.4, -0.2) is 0 Å². The van der Waals surface area contributed by atoms with E-state index in [0.29, 0.717) is 0 Å². The lowest BCUT2D eigenvalue weighted by Gasteiger charge is -2.35. The topological polar surface area (TPSA) is 0 Å². The molecule has 1 aliphatic carbocycles. The van der Waals surface area contributed by atoms with Crippen molar-refractivity contribution in [3.63, 3.8) is 0 Å². The van der Waals surface area contributed by atoms with E-state index >= 15 is 0 Å². The van der Waals surface area contributed by atoms with E-state index in [2.05, 4.69) is 114 Å². The third kappa shape index (κ3) is 6.13. The summed E-state index contributed by atoms with van der Waals surface area (Å²) in [4.78, 5) is 0. The molecule has 0 fully saturated rings. The zero-order chi connectivity index (χ0) is 30.4. The van der Waals surface area contributed by atoms with E-state index in [0.717, 1.165) is 0 Å². The van der Waals surface area contributed by atoms with Gasteiger partial charge in [-0.3, -0.25) is 0 Å². The van der Waals surface area contributed by atoms with Gasteiger partial charge in [-0.1, -0.05) is 137 Å². The second-order valence-corrected chi connectivity index (χ2v) is 13.2. The van der Waals surface area contributed by atoms with Crippen LogP contribution in [0.5, 0.6) is 0 Å². The molecule has 0 aliphatic heterocycles. The zero-order valence-corrected chi connectivity index (χ0v) is 27.9. The van der Waals surface area contributed by atoms with Gasteiger partial charge in [0.05, 0.1) is 5.41 Å². The fraction of sp³-hybridized carbons (Fsp3) is 0.442. The lowest BCUT2D eigenvalue weighted by atomic mass is 9.66. The number of hydrogen-bond acceptors (Lipinski definition) is 0. The van der Waals surface area contributed by atoms with E-state index in [-0.39, 0.29) is 5.41 Å². The molecule has 0 nitrogen and oxygen atoms in total. The maximum atomic E-state index is 2.63. The third-order valence-electron chi connectivity index (χ3n) is 9.93. The van der Waals surface area contributed by atoms with Crippen LogP contribution in [0.1, 0.15) is 135 Å². The van der Waals surface area contributed by atoms with Crippen LogP contribution in [0.25, 0.3) is 11.1 Å². The Morgan fingerprint density at radius 3 is 1.16 bits per heavy atom. The second kappa shape index (κ2) is 14.1. The molecule has 43 heavy (non-hydrogen) atoms. The Morgan fingerprint density at radius 1 is 0.419 bits per heavy atom. The van der Waals surface area contributed by atoms with Gasteiger partial charge in [0.25, 0.3) is 0 Å². The Hall–Kier alpha value is -3.12. The number of benzene rings is 4. The van der Waals surface area contributed by atoms with Crippen LogP contribution in [0.2, 0.25) is 0 Å². The molecule has 0 saturated carbocycles. The van der Waals surface area contributed by atoms with Crippen LogP contribution in [0.3, 0.4) is 0 Å². The Bertz CT molecular complexity index is 1420. The fourth-order valence-corrected chi connectivity index (χ4v) is 7.48. The van der Waals surface area contributed by atoms with Gasteiger partial charge in [0, 0.05) is 0 Å². The first-order chi connectivity index (χ1) is 21.0. The second-order valence-electron chi connectivity index (χ2n) is 13.2. The number of unbranched alkanes of at least 4 members (excludes halogenated alkanes) is 4. The number of hydrogen-bond donors (Lipinski definition) is 0. The first-order valence-corrected chi connectivity index (χ1v) is 17.4. The van der Waals surface area contributed by atoms with E-state index in [1.165, 1.54) is 122 Å². The largest absolute Gasteiger partial charge is 0.0713 e. The number of fused-ring (bicyclic) bond motifs is 3. The smallest absolute Gasteiger partial charge is 0.0654 e. The van der Waals surface area contributed by atoms with Crippen molar-refractivity contribution in [3.8, 4) is 11.1 Å². The summed E-state index contributed by atoms with van der Waals surface area (Å²) >= 11 is 0. The minimum Gasteiger partial charge on any atom is -0.0654 e. The monoisotopic (exact) mass is 570 g/mol. The number of rotatable bonds is 14. The van der Waals surface area contributed by atoms with Gasteiger partial charge in [-0.05, 0) is 121 Å². The van der Waals surface area contributed by atoms with Crippen LogP contribution in [-0.2, 0) is 31.1 Å². The van der Waals surface area contributed by atoms with E-state index in [9.17, 15) is 0 Å². The van der Waals surface area contributed by atoms with Gasteiger partial charge in [-0.2, -0.15) is 0 Å². The first-order valence-electron chi connectivity index (χ1n) is 17.4. The lowest BCUT2D eigenvalue weighted by Crippen LogP contribution is -2.29. The summed E-state index contributed by atoms with van der Waals surface area (Å²) in [5.74, 6) is 0. The minimum absolute atomic E-state index is 0.322. The highest BCUT2D eigenvalue weighted by molar-refractivity contribution is 5.87. The molecule has 0 heteroatoms. The van der Waals surface area contributed by atoms with Gasteiger partial charge in [-0.15, -0.1) is 0 Å².